The molecule has 6 nitrogen and oxygen atoms in total. The molecule has 2 rings (SSSR count). The molecule has 1 aromatic carbocycles. The number of anilines is 1. The molecule has 1 heterocycles. The summed E-state index contributed by atoms with van der Waals surface area (Å²) in [7, 11) is 0. The standard InChI is InChI=1S/C19H24ClN3O3S/c1-3-26-11-7-10-23(12-16(24)22-19-21-14(2)13-27-19)18(25)17(20)15-8-5-4-6-9-15/h4-6,8-9,13,17H,3,7,10-12H2,1-2H3,(H,21,22,24). The van der Waals surface area contributed by atoms with Gasteiger partial charge in [-0.05, 0) is 25.8 Å². The molecular formula is C19H24ClN3O3S. The van der Waals surface area contributed by atoms with Gasteiger partial charge in [-0.3, -0.25) is 9.59 Å². The Hall–Kier alpha value is -1.96. The van der Waals surface area contributed by atoms with Crippen LogP contribution in [0.1, 0.15) is 30.0 Å². The summed E-state index contributed by atoms with van der Waals surface area (Å²) in [4.78, 5) is 30.9. The third-order valence-electron chi connectivity index (χ3n) is 3.74. The van der Waals surface area contributed by atoms with E-state index in [1.54, 1.807) is 12.1 Å². The molecule has 0 spiro atoms. The van der Waals surface area contributed by atoms with Crippen molar-refractivity contribution in [3.63, 3.8) is 0 Å². The predicted octanol–water partition coefficient (Wildman–Crippen LogP) is 3.63. The number of hydrogen-bond donors (Lipinski definition) is 1. The average molecular weight is 410 g/mol. The van der Waals surface area contributed by atoms with Crippen LogP contribution in [0.15, 0.2) is 35.7 Å². The highest BCUT2D eigenvalue weighted by atomic mass is 35.5. The van der Waals surface area contributed by atoms with Crippen molar-refractivity contribution in [2.45, 2.75) is 25.6 Å². The van der Waals surface area contributed by atoms with E-state index in [-0.39, 0.29) is 18.4 Å². The molecule has 0 bridgehead atoms. The normalized spacial score (nSPS) is 11.8. The molecule has 146 valence electrons. The van der Waals surface area contributed by atoms with Crippen molar-refractivity contribution in [2.75, 3.05) is 31.6 Å². The fraction of sp³-hybridized carbons (Fsp3) is 0.421. The predicted molar refractivity (Wildman–Crippen MR) is 108 cm³/mol. The van der Waals surface area contributed by atoms with Gasteiger partial charge in [-0.2, -0.15) is 0 Å². The van der Waals surface area contributed by atoms with Gasteiger partial charge in [0.2, 0.25) is 11.8 Å². The summed E-state index contributed by atoms with van der Waals surface area (Å²) in [5.41, 5.74) is 1.54. The minimum Gasteiger partial charge on any atom is -0.382 e. The van der Waals surface area contributed by atoms with Gasteiger partial charge in [0, 0.05) is 25.1 Å². The first-order chi connectivity index (χ1) is 13.0. The Balaban J connectivity index is 2.02. The molecule has 0 radical (unpaired) electrons. The molecule has 1 atom stereocenters. The highest BCUT2D eigenvalue weighted by molar-refractivity contribution is 7.13. The minimum atomic E-state index is -0.840. The number of benzene rings is 1. The van der Waals surface area contributed by atoms with E-state index in [0.29, 0.717) is 36.9 Å². The maximum Gasteiger partial charge on any atom is 0.245 e. The van der Waals surface area contributed by atoms with E-state index in [2.05, 4.69) is 10.3 Å². The van der Waals surface area contributed by atoms with E-state index >= 15 is 0 Å². The number of nitrogens with one attached hydrogen (secondary N) is 1. The Kier molecular flexibility index (Phi) is 8.71. The first kappa shape index (κ1) is 21.3. The van der Waals surface area contributed by atoms with Gasteiger partial charge in [-0.15, -0.1) is 22.9 Å². The van der Waals surface area contributed by atoms with Crippen molar-refractivity contribution in [1.29, 1.82) is 0 Å². The SMILES string of the molecule is CCOCCCN(CC(=O)Nc1nc(C)cs1)C(=O)C(Cl)c1ccccc1. The molecule has 0 saturated carbocycles. The molecule has 0 aliphatic rings. The summed E-state index contributed by atoms with van der Waals surface area (Å²) < 4.78 is 5.33. The Labute approximate surface area is 168 Å². The number of aromatic nitrogens is 1. The zero-order valence-corrected chi connectivity index (χ0v) is 17.1. The van der Waals surface area contributed by atoms with Crippen LogP contribution in [0.2, 0.25) is 0 Å². The average Bonchev–Trinajstić information content (AvgIpc) is 3.08. The summed E-state index contributed by atoms with van der Waals surface area (Å²) >= 11 is 7.72. The molecule has 27 heavy (non-hydrogen) atoms. The molecule has 0 aliphatic carbocycles. The number of carbonyl (C=O) groups is 2. The molecule has 0 aliphatic heterocycles. The molecule has 1 aromatic heterocycles. The van der Waals surface area contributed by atoms with Crippen molar-refractivity contribution in [1.82, 2.24) is 9.88 Å². The van der Waals surface area contributed by atoms with Gasteiger partial charge in [0.15, 0.2) is 5.13 Å². The fourth-order valence-electron chi connectivity index (χ4n) is 2.44. The monoisotopic (exact) mass is 409 g/mol. The van der Waals surface area contributed by atoms with E-state index in [0.717, 1.165) is 5.69 Å². The van der Waals surface area contributed by atoms with Crippen LogP contribution in [0.3, 0.4) is 0 Å². The Bertz CT molecular complexity index is 739. The van der Waals surface area contributed by atoms with Gasteiger partial charge >= 0.3 is 0 Å². The van der Waals surface area contributed by atoms with E-state index in [4.69, 9.17) is 16.3 Å². The largest absolute Gasteiger partial charge is 0.382 e. The lowest BCUT2D eigenvalue weighted by Gasteiger charge is -2.24. The lowest BCUT2D eigenvalue weighted by molar-refractivity contribution is -0.134. The second-order valence-electron chi connectivity index (χ2n) is 5.93. The van der Waals surface area contributed by atoms with Gasteiger partial charge in [-0.1, -0.05) is 30.3 Å². The number of thiazole rings is 1. The van der Waals surface area contributed by atoms with Crippen LogP contribution < -0.4 is 5.32 Å². The zero-order valence-electron chi connectivity index (χ0n) is 15.5. The van der Waals surface area contributed by atoms with Crippen molar-refractivity contribution in [2.24, 2.45) is 0 Å². The van der Waals surface area contributed by atoms with Gasteiger partial charge in [0.1, 0.15) is 5.38 Å². The summed E-state index contributed by atoms with van der Waals surface area (Å²) in [6, 6.07) is 9.11. The number of nitrogens with zero attached hydrogens (tertiary/aromatic N) is 2. The summed E-state index contributed by atoms with van der Waals surface area (Å²) in [5.74, 6) is -0.601. The number of aryl methyl sites for hydroxylation is 1. The number of amides is 2. The molecule has 1 N–H and O–H groups in total. The molecule has 2 aromatic rings. The third-order valence-corrected chi connectivity index (χ3v) is 5.06. The van der Waals surface area contributed by atoms with Crippen LogP contribution in [0.25, 0.3) is 0 Å². The van der Waals surface area contributed by atoms with Crippen molar-refractivity contribution in [3.8, 4) is 0 Å². The van der Waals surface area contributed by atoms with Crippen LogP contribution in [-0.2, 0) is 14.3 Å². The maximum atomic E-state index is 12.9. The number of rotatable bonds is 10. The van der Waals surface area contributed by atoms with E-state index in [9.17, 15) is 9.59 Å². The molecule has 0 saturated heterocycles. The van der Waals surface area contributed by atoms with Crippen LogP contribution in [0.4, 0.5) is 5.13 Å². The van der Waals surface area contributed by atoms with Crippen molar-refractivity contribution in [3.05, 3.63) is 47.0 Å². The molecule has 8 heteroatoms. The van der Waals surface area contributed by atoms with Crippen LogP contribution in [-0.4, -0.2) is 48.0 Å². The highest BCUT2D eigenvalue weighted by Crippen LogP contribution is 2.23. The second-order valence-corrected chi connectivity index (χ2v) is 7.22. The van der Waals surface area contributed by atoms with Gasteiger partial charge in [0.05, 0.1) is 12.2 Å². The summed E-state index contributed by atoms with van der Waals surface area (Å²) in [6.07, 6.45) is 0.627. The Morgan fingerprint density at radius 1 is 1.33 bits per heavy atom. The lowest BCUT2D eigenvalue weighted by Crippen LogP contribution is -2.40. The van der Waals surface area contributed by atoms with Gasteiger partial charge < -0.3 is 15.0 Å². The van der Waals surface area contributed by atoms with Crippen LogP contribution >= 0.6 is 22.9 Å². The van der Waals surface area contributed by atoms with E-state index in [1.165, 1.54) is 16.2 Å². The van der Waals surface area contributed by atoms with Gasteiger partial charge in [0.25, 0.3) is 0 Å². The smallest absolute Gasteiger partial charge is 0.245 e. The molecular weight excluding hydrogens is 386 g/mol. The van der Waals surface area contributed by atoms with Crippen molar-refractivity contribution < 1.29 is 14.3 Å². The van der Waals surface area contributed by atoms with Crippen LogP contribution in [0, 0.1) is 6.92 Å². The molecule has 0 fully saturated rings. The van der Waals surface area contributed by atoms with Crippen molar-refractivity contribution >= 4 is 39.9 Å². The fourth-order valence-corrected chi connectivity index (χ4v) is 3.43. The lowest BCUT2D eigenvalue weighted by atomic mass is 10.1. The minimum absolute atomic E-state index is 0.0837. The number of alkyl halides is 1. The second kappa shape index (κ2) is 11.0. The quantitative estimate of drug-likeness (QED) is 0.480. The number of carbonyl (C=O) groups excluding carboxylic acids is 2. The highest BCUT2D eigenvalue weighted by Gasteiger charge is 2.25. The zero-order chi connectivity index (χ0) is 19.6. The Morgan fingerprint density at radius 3 is 2.70 bits per heavy atom. The van der Waals surface area contributed by atoms with Crippen LogP contribution in [0.5, 0.6) is 0 Å². The summed E-state index contributed by atoms with van der Waals surface area (Å²) in [6.45, 7) is 5.20. The summed E-state index contributed by atoms with van der Waals surface area (Å²) in [5, 5.41) is 4.26. The topological polar surface area (TPSA) is 71.5 Å². The molecule has 1 unspecified atom stereocenters. The molecule has 2 amide bonds. The number of halogens is 1. The van der Waals surface area contributed by atoms with E-state index in [1.807, 2.05) is 37.4 Å². The maximum absolute atomic E-state index is 12.9. The van der Waals surface area contributed by atoms with E-state index < -0.39 is 5.38 Å². The number of ether oxygens (including phenoxy) is 1. The first-order valence-corrected chi connectivity index (χ1v) is 10.1. The third kappa shape index (κ3) is 6.93. The number of hydrogen-bond acceptors (Lipinski definition) is 5. The Morgan fingerprint density at radius 2 is 2.07 bits per heavy atom. The van der Waals surface area contributed by atoms with Gasteiger partial charge in [-0.25, -0.2) is 4.98 Å². The first-order valence-electron chi connectivity index (χ1n) is 8.78.